The highest BCUT2D eigenvalue weighted by molar-refractivity contribution is 6.20. The Labute approximate surface area is 99.4 Å². The Bertz CT molecular complexity index is 500. The summed E-state index contributed by atoms with van der Waals surface area (Å²) in [5, 5.41) is 16.4. The molecule has 1 aliphatic rings. The number of amidine groups is 1. The quantitative estimate of drug-likeness (QED) is 0.783. The van der Waals surface area contributed by atoms with Crippen LogP contribution in [-0.2, 0) is 0 Å². The van der Waals surface area contributed by atoms with Crippen molar-refractivity contribution in [3.8, 4) is 6.07 Å². The van der Waals surface area contributed by atoms with Crippen molar-refractivity contribution >= 4 is 17.6 Å². The minimum absolute atomic E-state index is 0.0174. The minimum Gasteiger partial charge on any atom is -0.303 e. The molecule has 2 rings (SSSR count). The number of nitrogens with zero attached hydrogens (tertiary/aromatic N) is 3. The van der Waals surface area contributed by atoms with Gasteiger partial charge in [0.2, 0.25) is 0 Å². The van der Waals surface area contributed by atoms with Gasteiger partial charge in [0.05, 0.1) is 18.3 Å². The van der Waals surface area contributed by atoms with Crippen LogP contribution in [0.2, 0.25) is 0 Å². The molecule has 0 radical (unpaired) electrons. The standard InChI is InChI=1S/C12H12N4O/c1-9-2-4-10(5-3-9)16-11(14)8-15(7-6-13)12(16)17/h2-5,14H,7-8H2,1H3. The molecule has 0 atom stereocenters. The zero-order chi connectivity index (χ0) is 12.4. The number of anilines is 1. The number of carbonyl (C=O) groups is 1. The SMILES string of the molecule is Cc1ccc(N2C(=N)CN(CC#N)C2=O)cc1. The minimum atomic E-state index is -0.305. The smallest absolute Gasteiger partial charge is 0.303 e. The average molecular weight is 228 g/mol. The summed E-state index contributed by atoms with van der Waals surface area (Å²) in [5.74, 6) is 0.203. The van der Waals surface area contributed by atoms with Crippen molar-refractivity contribution in [3.63, 3.8) is 0 Å². The van der Waals surface area contributed by atoms with Gasteiger partial charge in [0.15, 0.2) is 0 Å². The highest BCUT2D eigenvalue weighted by Crippen LogP contribution is 2.21. The van der Waals surface area contributed by atoms with E-state index < -0.39 is 0 Å². The van der Waals surface area contributed by atoms with E-state index in [1.165, 1.54) is 9.80 Å². The van der Waals surface area contributed by atoms with Gasteiger partial charge in [-0.1, -0.05) is 17.7 Å². The summed E-state index contributed by atoms with van der Waals surface area (Å²) in [6.45, 7) is 2.17. The van der Waals surface area contributed by atoms with Gasteiger partial charge in [-0.25, -0.2) is 9.69 Å². The number of hydrogen-bond acceptors (Lipinski definition) is 3. The normalized spacial score (nSPS) is 15.3. The summed E-state index contributed by atoms with van der Waals surface area (Å²) in [6.07, 6.45) is 0. The topological polar surface area (TPSA) is 71.2 Å². The lowest BCUT2D eigenvalue weighted by Crippen LogP contribution is -2.33. The van der Waals surface area contributed by atoms with Crippen molar-refractivity contribution in [3.05, 3.63) is 29.8 Å². The van der Waals surface area contributed by atoms with E-state index in [4.69, 9.17) is 10.7 Å². The van der Waals surface area contributed by atoms with Gasteiger partial charge in [0.1, 0.15) is 12.4 Å². The first-order valence-electron chi connectivity index (χ1n) is 5.23. The molecular weight excluding hydrogens is 216 g/mol. The fourth-order valence-electron chi connectivity index (χ4n) is 1.74. The molecule has 1 aromatic carbocycles. The number of urea groups is 1. The number of amides is 2. The van der Waals surface area contributed by atoms with Gasteiger partial charge in [-0.05, 0) is 19.1 Å². The summed E-state index contributed by atoms with van der Waals surface area (Å²) < 4.78 is 0. The van der Waals surface area contributed by atoms with Crippen LogP contribution in [0.25, 0.3) is 0 Å². The van der Waals surface area contributed by atoms with E-state index in [0.29, 0.717) is 5.69 Å². The first-order valence-corrected chi connectivity index (χ1v) is 5.23. The maximum Gasteiger partial charge on any atom is 0.331 e. The Morgan fingerprint density at radius 2 is 2.06 bits per heavy atom. The maximum absolute atomic E-state index is 12.0. The van der Waals surface area contributed by atoms with E-state index in [-0.39, 0.29) is 25.0 Å². The molecule has 17 heavy (non-hydrogen) atoms. The van der Waals surface area contributed by atoms with Crippen molar-refractivity contribution in [2.45, 2.75) is 6.92 Å². The highest BCUT2D eigenvalue weighted by atomic mass is 16.2. The van der Waals surface area contributed by atoms with E-state index in [2.05, 4.69) is 0 Å². The monoisotopic (exact) mass is 228 g/mol. The van der Waals surface area contributed by atoms with Crippen LogP contribution in [0, 0.1) is 23.7 Å². The van der Waals surface area contributed by atoms with Crippen LogP contribution in [-0.4, -0.2) is 29.9 Å². The van der Waals surface area contributed by atoms with Crippen LogP contribution >= 0.6 is 0 Å². The number of benzene rings is 1. The molecule has 86 valence electrons. The molecule has 1 N–H and O–H groups in total. The largest absolute Gasteiger partial charge is 0.331 e. The van der Waals surface area contributed by atoms with Crippen LogP contribution in [0.4, 0.5) is 10.5 Å². The predicted octanol–water partition coefficient (Wildman–Crippen LogP) is 1.74. The Kier molecular flexibility index (Phi) is 2.79. The van der Waals surface area contributed by atoms with Gasteiger partial charge in [0.25, 0.3) is 0 Å². The van der Waals surface area contributed by atoms with E-state index in [1.807, 2.05) is 25.1 Å². The third-order valence-electron chi connectivity index (χ3n) is 2.63. The maximum atomic E-state index is 12.0. The molecule has 0 unspecified atom stereocenters. The van der Waals surface area contributed by atoms with Crippen molar-refractivity contribution in [2.24, 2.45) is 0 Å². The van der Waals surface area contributed by atoms with Crippen LogP contribution in [0.1, 0.15) is 5.56 Å². The summed E-state index contributed by atoms with van der Waals surface area (Å²) >= 11 is 0. The molecule has 5 heteroatoms. The number of carbonyl (C=O) groups excluding carboxylic acids is 1. The summed E-state index contributed by atoms with van der Waals surface area (Å²) in [6, 6.07) is 9.01. The summed E-state index contributed by atoms with van der Waals surface area (Å²) in [4.78, 5) is 14.6. The van der Waals surface area contributed by atoms with Gasteiger partial charge in [-0.2, -0.15) is 5.26 Å². The molecule has 2 amide bonds. The second kappa shape index (κ2) is 4.26. The molecule has 1 heterocycles. The second-order valence-electron chi connectivity index (χ2n) is 3.91. The molecule has 0 spiro atoms. The van der Waals surface area contributed by atoms with Crippen molar-refractivity contribution < 1.29 is 4.79 Å². The number of hydrogen-bond donors (Lipinski definition) is 1. The number of aryl methyl sites for hydroxylation is 1. The first kappa shape index (κ1) is 11.1. The average Bonchev–Trinajstić information content (AvgIpc) is 2.57. The summed E-state index contributed by atoms with van der Waals surface area (Å²) in [5.41, 5.74) is 1.77. The molecular formula is C12H12N4O. The Morgan fingerprint density at radius 3 is 2.65 bits per heavy atom. The van der Waals surface area contributed by atoms with Gasteiger partial charge in [-0.3, -0.25) is 5.41 Å². The fraction of sp³-hybridized carbons (Fsp3) is 0.250. The van der Waals surface area contributed by atoms with Gasteiger partial charge >= 0.3 is 6.03 Å². The molecule has 0 aliphatic carbocycles. The fourth-order valence-corrected chi connectivity index (χ4v) is 1.74. The van der Waals surface area contributed by atoms with Crippen LogP contribution in [0.3, 0.4) is 0 Å². The Hall–Kier alpha value is -2.35. The molecule has 0 saturated carbocycles. The zero-order valence-electron chi connectivity index (χ0n) is 9.47. The molecule has 0 bridgehead atoms. The molecule has 0 aromatic heterocycles. The Morgan fingerprint density at radius 1 is 1.41 bits per heavy atom. The third-order valence-corrected chi connectivity index (χ3v) is 2.63. The lowest BCUT2D eigenvalue weighted by molar-refractivity contribution is 0.225. The summed E-state index contributed by atoms with van der Waals surface area (Å²) in [7, 11) is 0. The molecule has 1 saturated heterocycles. The highest BCUT2D eigenvalue weighted by Gasteiger charge is 2.34. The van der Waals surface area contributed by atoms with E-state index in [0.717, 1.165) is 5.56 Å². The number of rotatable bonds is 2. The predicted molar refractivity (Wildman–Crippen MR) is 64.0 cm³/mol. The Balaban J connectivity index is 2.28. The van der Waals surface area contributed by atoms with Gasteiger partial charge in [-0.15, -0.1) is 0 Å². The molecule has 1 aliphatic heterocycles. The lowest BCUT2D eigenvalue weighted by Gasteiger charge is -2.16. The van der Waals surface area contributed by atoms with E-state index in [1.54, 1.807) is 12.1 Å². The molecule has 1 aromatic rings. The van der Waals surface area contributed by atoms with E-state index >= 15 is 0 Å². The van der Waals surface area contributed by atoms with Crippen LogP contribution < -0.4 is 4.90 Å². The third kappa shape index (κ3) is 1.97. The van der Waals surface area contributed by atoms with Crippen molar-refractivity contribution in [2.75, 3.05) is 18.0 Å². The molecule has 5 nitrogen and oxygen atoms in total. The zero-order valence-corrected chi connectivity index (χ0v) is 9.47. The van der Waals surface area contributed by atoms with Crippen LogP contribution in [0.5, 0.6) is 0 Å². The number of nitrogens with one attached hydrogen (secondary N) is 1. The first-order chi connectivity index (χ1) is 8.13. The van der Waals surface area contributed by atoms with E-state index in [9.17, 15) is 4.79 Å². The molecule has 1 fully saturated rings. The van der Waals surface area contributed by atoms with Crippen molar-refractivity contribution in [1.29, 1.82) is 10.7 Å². The second-order valence-corrected chi connectivity index (χ2v) is 3.91. The number of nitriles is 1. The van der Waals surface area contributed by atoms with Crippen molar-refractivity contribution in [1.82, 2.24) is 4.90 Å². The van der Waals surface area contributed by atoms with Gasteiger partial charge < -0.3 is 4.90 Å². The lowest BCUT2D eigenvalue weighted by atomic mass is 10.2. The van der Waals surface area contributed by atoms with Crippen LogP contribution in [0.15, 0.2) is 24.3 Å². The van der Waals surface area contributed by atoms with Gasteiger partial charge in [0, 0.05) is 0 Å².